The van der Waals surface area contributed by atoms with Crippen LogP contribution in [0.5, 0.6) is 0 Å². The summed E-state index contributed by atoms with van der Waals surface area (Å²) in [7, 11) is 0. The smallest absolute Gasteiger partial charge is 0.416 e. The third-order valence-electron chi connectivity index (χ3n) is 3.78. The van der Waals surface area contributed by atoms with Gasteiger partial charge in [-0.2, -0.15) is 13.2 Å². The van der Waals surface area contributed by atoms with Crippen molar-refractivity contribution in [3.8, 4) is 0 Å². The summed E-state index contributed by atoms with van der Waals surface area (Å²) in [6.45, 7) is 5.76. The minimum Gasteiger partial charge on any atom is -0.478 e. The highest BCUT2D eigenvalue weighted by molar-refractivity contribution is 6.14. The molecule has 0 bridgehead atoms. The number of hydrogen-bond acceptors (Lipinski definition) is 3. The molecule has 3 N–H and O–H groups in total. The van der Waals surface area contributed by atoms with E-state index in [0.717, 1.165) is 12.1 Å². The normalized spacial score (nSPS) is 11.9. The van der Waals surface area contributed by atoms with Crippen LogP contribution in [0.3, 0.4) is 0 Å². The summed E-state index contributed by atoms with van der Waals surface area (Å²) < 4.78 is 37.4. The summed E-state index contributed by atoms with van der Waals surface area (Å²) in [4.78, 5) is 10.4. The van der Waals surface area contributed by atoms with Crippen molar-refractivity contribution in [1.29, 1.82) is 0 Å². The van der Waals surface area contributed by atoms with E-state index in [1.54, 1.807) is 30.3 Å². The van der Waals surface area contributed by atoms with Crippen molar-refractivity contribution in [2.75, 3.05) is 13.2 Å². The molecule has 0 amide bonds. The van der Waals surface area contributed by atoms with Gasteiger partial charge in [-0.05, 0) is 30.5 Å². The molecule has 1 unspecified atom stereocenters. The minimum absolute atomic E-state index is 0.0208. The maximum atomic E-state index is 12.5. The molecule has 4 nitrogen and oxygen atoms in total. The summed E-state index contributed by atoms with van der Waals surface area (Å²) in [5, 5.41) is 20.2. The molecule has 2 aromatic carbocycles. The summed E-state index contributed by atoms with van der Waals surface area (Å²) in [5.74, 6) is -0.976. The van der Waals surface area contributed by atoms with E-state index in [1.165, 1.54) is 6.07 Å². The Hall–Kier alpha value is -2.64. The highest BCUT2D eigenvalue weighted by Crippen LogP contribution is 2.29. The van der Waals surface area contributed by atoms with Crippen molar-refractivity contribution in [3.63, 3.8) is 0 Å². The first-order chi connectivity index (χ1) is 13.1. The van der Waals surface area contributed by atoms with Gasteiger partial charge in [-0.1, -0.05) is 55.1 Å². The van der Waals surface area contributed by atoms with E-state index in [1.807, 2.05) is 13.0 Å². The van der Waals surface area contributed by atoms with Crippen molar-refractivity contribution in [3.05, 3.63) is 77.9 Å². The Morgan fingerprint density at radius 2 is 1.79 bits per heavy atom. The summed E-state index contributed by atoms with van der Waals surface area (Å²) in [6, 6.07) is 14.2. The zero-order valence-corrected chi connectivity index (χ0v) is 15.5. The van der Waals surface area contributed by atoms with Crippen LogP contribution in [0.1, 0.15) is 23.6 Å². The average Bonchev–Trinajstić information content (AvgIpc) is 2.66. The largest absolute Gasteiger partial charge is 0.478 e. The van der Waals surface area contributed by atoms with E-state index in [4.69, 9.17) is 10.2 Å². The lowest BCUT2D eigenvalue weighted by Gasteiger charge is -2.14. The monoisotopic (exact) mass is 395 g/mol. The third-order valence-corrected chi connectivity index (χ3v) is 3.78. The molecule has 0 heterocycles. The first-order valence-corrected chi connectivity index (χ1v) is 8.63. The molecule has 0 saturated heterocycles. The van der Waals surface area contributed by atoms with Crippen molar-refractivity contribution in [2.24, 2.45) is 0 Å². The van der Waals surface area contributed by atoms with Crippen LogP contribution in [-0.2, 0) is 17.4 Å². The van der Waals surface area contributed by atoms with E-state index in [2.05, 4.69) is 11.9 Å². The van der Waals surface area contributed by atoms with Gasteiger partial charge in [0, 0.05) is 12.6 Å². The second-order valence-corrected chi connectivity index (χ2v) is 6.13. The molecule has 152 valence electrons. The number of carbonyl (C=O) groups is 1. The van der Waals surface area contributed by atoms with Crippen molar-refractivity contribution >= 4 is 11.5 Å². The Kier molecular flexibility index (Phi) is 9.41. The van der Waals surface area contributed by atoms with Crippen molar-refractivity contribution < 1.29 is 28.2 Å². The van der Waals surface area contributed by atoms with E-state index in [0.29, 0.717) is 24.1 Å². The first kappa shape index (κ1) is 23.4. The fourth-order valence-corrected chi connectivity index (χ4v) is 2.37. The second kappa shape index (κ2) is 11.3. The number of hydrogen-bond donors (Lipinski definition) is 3. The van der Waals surface area contributed by atoms with E-state index < -0.39 is 17.7 Å². The number of nitrogens with one attached hydrogen (secondary N) is 1. The van der Waals surface area contributed by atoms with E-state index in [9.17, 15) is 18.0 Å². The number of halogens is 3. The van der Waals surface area contributed by atoms with Gasteiger partial charge in [-0.25, -0.2) is 4.79 Å². The number of aliphatic carboxylic acids is 1. The average molecular weight is 395 g/mol. The fourth-order valence-electron chi connectivity index (χ4n) is 2.37. The maximum Gasteiger partial charge on any atom is 0.416 e. The lowest BCUT2D eigenvalue weighted by atomic mass is 10.0. The molecule has 2 aromatic rings. The van der Waals surface area contributed by atoms with Gasteiger partial charge in [0.2, 0.25) is 0 Å². The van der Waals surface area contributed by atoms with Crippen LogP contribution in [0, 0.1) is 0 Å². The summed E-state index contributed by atoms with van der Waals surface area (Å²) in [5.41, 5.74) is 0.799. The van der Waals surface area contributed by atoms with Crippen LogP contribution in [-0.4, -0.2) is 35.4 Å². The molecule has 0 saturated carbocycles. The maximum absolute atomic E-state index is 12.5. The Morgan fingerprint density at radius 3 is 2.32 bits per heavy atom. The number of rotatable bonds is 7. The summed E-state index contributed by atoms with van der Waals surface area (Å²) >= 11 is 0. The molecule has 0 aliphatic carbocycles. The quantitative estimate of drug-likeness (QED) is 0.620. The van der Waals surface area contributed by atoms with Crippen LogP contribution in [0.4, 0.5) is 13.2 Å². The van der Waals surface area contributed by atoms with E-state index in [-0.39, 0.29) is 18.2 Å². The van der Waals surface area contributed by atoms with Crippen LogP contribution in [0.25, 0.3) is 5.57 Å². The molecule has 0 aliphatic rings. The zero-order valence-electron chi connectivity index (χ0n) is 15.5. The highest BCUT2D eigenvalue weighted by atomic mass is 19.4. The molecule has 28 heavy (non-hydrogen) atoms. The molecule has 2 rings (SSSR count). The van der Waals surface area contributed by atoms with Gasteiger partial charge < -0.3 is 15.5 Å². The van der Waals surface area contributed by atoms with Crippen LogP contribution in [0.2, 0.25) is 0 Å². The van der Waals surface area contributed by atoms with Gasteiger partial charge in [0.05, 0.1) is 17.7 Å². The molecule has 0 spiro atoms. The predicted octanol–water partition coefficient (Wildman–Crippen LogP) is 4.00. The Morgan fingerprint density at radius 1 is 1.14 bits per heavy atom. The Bertz CT molecular complexity index is 761. The van der Waals surface area contributed by atoms with Crippen LogP contribution in [0.15, 0.2) is 61.2 Å². The molecule has 7 heteroatoms. The van der Waals surface area contributed by atoms with Gasteiger partial charge in [-0.15, -0.1) is 0 Å². The van der Waals surface area contributed by atoms with Gasteiger partial charge in [0.15, 0.2) is 0 Å². The zero-order chi connectivity index (χ0) is 21.2. The molecule has 0 fully saturated rings. The topological polar surface area (TPSA) is 69.6 Å². The lowest BCUT2D eigenvalue weighted by molar-refractivity contribution is -0.137. The Balaban J connectivity index is 0.000000307. The van der Waals surface area contributed by atoms with Gasteiger partial charge in [0.25, 0.3) is 0 Å². The standard InChI is InChI=1S/C12H16F3NO.C9H8O2/c1-9(16-5-6-17)7-10-3-2-4-11(8-10)12(13,14)15;1-7(9(10)11)8-5-3-2-4-6-8/h2-4,8-9,16-17H,5-7H2,1H3;2-6H,1H2,(H,10,11). The number of carboxylic acids is 1. The fraction of sp³-hybridized carbons (Fsp3) is 0.286. The van der Waals surface area contributed by atoms with Crippen molar-refractivity contribution in [2.45, 2.75) is 25.6 Å². The molecule has 1 atom stereocenters. The van der Waals surface area contributed by atoms with Crippen LogP contribution >= 0.6 is 0 Å². The van der Waals surface area contributed by atoms with Gasteiger partial charge in [-0.3, -0.25) is 0 Å². The lowest BCUT2D eigenvalue weighted by Crippen LogP contribution is -2.30. The number of aliphatic hydroxyl groups is 1. The number of aliphatic hydroxyl groups excluding tert-OH is 1. The molecular formula is C21H24F3NO3. The molecule has 0 aliphatic heterocycles. The summed E-state index contributed by atoms with van der Waals surface area (Å²) in [6.07, 6.45) is -3.79. The van der Waals surface area contributed by atoms with E-state index >= 15 is 0 Å². The SMILES string of the molecule is C=C(C(=O)O)c1ccccc1.CC(Cc1cccc(C(F)(F)F)c1)NCCO. The second-order valence-electron chi connectivity index (χ2n) is 6.13. The molecule has 0 aromatic heterocycles. The Labute approximate surface area is 162 Å². The van der Waals surface area contributed by atoms with Gasteiger partial charge >= 0.3 is 12.1 Å². The number of carboxylic acid groups (broad SMARTS) is 1. The third kappa shape index (κ3) is 8.37. The molecular weight excluding hydrogens is 371 g/mol. The predicted molar refractivity (Wildman–Crippen MR) is 103 cm³/mol. The first-order valence-electron chi connectivity index (χ1n) is 8.63. The number of benzene rings is 2. The molecule has 0 radical (unpaired) electrons. The van der Waals surface area contributed by atoms with Gasteiger partial charge in [0.1, 0.15) is 0 Å². The van der Waals surface area contributed by atoms with Crippen molar-refractivity contribution in [1.82, 2.24) is 5.32 Å². The highest BCUT2D eigenvalue weighted by Gasteiger charge is 2.30. The van der Waals surface area contributed by atoms with Crippen LogP contribution < -0.4 is 5.32 Å². The number of alkyl halides is 3. The minimum atomic E-state index is -4.29.